The van der Waals surface area contributed by atoms with E-state index in [0.29, 0.717) is 28.6 Å². The molecule has 0 radical (unpaired) electrons. The van der Waals surface area contributed by atoms with Crippen LogP contribution in [0.5, 0.6) is 5.88 Å². The number of pyridine rings is 1. The summed E-state index contributed by atoms with van der Waals surface area (Å²) in [6.07, 6.45) is 6.44. The van der Waals surface area contributed by atoms with Gasteiger partial charge in [-0.1, -0.05) is 0 Å². The molecule has 0 bridgehead atoms. The molecule has 7 nitrogen and oxygen atoms in total. The van der Waals surface area contributed by atoms with Gasteiger partial charge in [0.25, 0.3) is 0 Å². The van der Waals surface area contributed by atoms with E-state index in [-0.39, 0.29) is 0 Å². The third-order valence-corrected chi connectivity index (χ3v) is 3.39. The van der Waals surface area contributed by atoms with Gasteiger partial charge in [0.15, 0.2) is 5.82 Å². The average Bonchev–Trinajstić information content (AvgIpc) is 2.87. The van der Waals surface area contributed by atoms with Crippen molar-refractivity contribution in [1.29, 1.82) is 0 Å². The average molecular weight is 335 g/mol. The number of ether oxygens (including phenoxy) is 1. The van der Waals surface area contributed by atoms with E-state index < -0.39 is 0 Å². The van der Waals surface area contributed by atoms with Crippen molar-refractivity contribution < 1.29 is 4.74 Å². The number of fused-ring (bicyclic) bond motifs is 1. The minimum absolute atomic E-state index is 0.349. The van der Waals surface area contributed by atoms with E-state index in [1.807, 2.05) is 6.92 Å². The summed E-state index contributed by atoms with van der Waals surface area (Å²) in [5.41, 5.74) is 7.19. The lowest BCUT2D eigenvalue weighted by Crippen LogP contribution is -2.01. The Kier molecular flexibility index (Phi) is 3.23. The molecular formula is C12H11BrN6O. The quantitative estimate of drug-likeness (QED) is 0.787. The first-order chi connectivity index (χ1) is 9.70. The van der Waals surface area contributed by atoms with Crippen LogP contribution in [0, 0.1) is 0 Å². The molecule has 2 N–H and O–H groups in total. The highest BCUT2D eigenvalue weighted by Gasteiger charge is 2.14. The molecule has 0 atom stereocenters. The Hall–Kier alpha value is -2.22. The SMILES string of the molecule is CCOc1ncc2c(ncn2-c2cncc(N)n2)c1Br. The van der Waals surface area contributed by atoms with Crippen molar-refractivity contribution >= 4 is 32.8 Å². The van der Waals surface area contributed by atoms with E-state index in [0.717, 1.165) is 11.0 Å². The zero-order valence-corrected chi connectivity index (χ0v) is 12.2. The summed E-state index contributed by atoms with van der Waals surface area (Å²) < 4.78 is 7.91. The molecule has 20 heavy (non-hydrogen) atoms. The first-order valence-electron chi connectivity index (χ1n) is 5.93. The second kappa shape index (κ2) is 5.04. The molecule has 0 aliphatic rings. The number of hydrogen-bond donors (Lipinski definition) is 1. The molecule has 0 saturated carbocycles. The van der Waals surface area contributed by atoms with Gasteiger partial charge in [-0.15, -0.1) is 0 Å². The monoisotopic (exact) mass is 334 g/mol. The van der Waals surface area contributed by atoms with Crippen LogP contribution >= 0.6 is 15.9 Å². The van der Waals surface area contributed by atoms with Crippen molar-refractivity contribution in [3.8, 4) is 11.7 Å². The number of nitrogens with two attached hydrogens (primary N) is 1. The van der Waals surface area contributed by atoms with Gasteiger partial charge in [0.2, 0.25) is 5.88 Å². The van der Waals surface area contributed by atoms with Gasteiger partial charge in [0, 0.05) is 0 Å². The Morgan fingerprint density at radius 3 is 2.90 bits per heavy atom. The van der Waals surface area contributed by atoms with Crippen LogP contribution in [-0.2, 0) is 0 Å². The molecule has 0 aliphatic carbocycles. The van der Waals surface area contributed by atoms with Crippen LogP contribution < -0.4 is 10.5 Å². The van der Waals surface area contributed by atoms with Gasteiger partial charge in [-0.2, -0.15) is 0 Å². The molecule has 3 rings (SSSR count). The van der Waals surface area contributed by atoms with Crippen molar-refractivity contribution in [3.05, 3.63) is 29.4 Å². The van der Waals surface area contributed by atoms with E-state index in [1.165, 1.54) is 6.20 Å². The number of nitrogens with zero attached hydrogens (tertiary/aromatic N) is 5. The van der Waals surface area contributed by atoms with Crippen LogP contribution in [0.4, 0.5) is 5.82 Å². The third kappa shape index (κ3) is 2.07. The summed E-state index contributed by atoms with van der Waals surface area (Å²) in [6, 6.07) is 0. The van der Waals surface area contributed by atoms with Gasteiger partial charge in [-0.05, 0) is 22.9 Å². The molecular weight excluding hydrogens is 324 g/mol. The fourth-order valence-electron chi connectivity index (χ4n) is 1.83. The fraction of sp³-hybridized carbons (Fsp3) is 0.167. The topological polar surface area (TPSA) is 91.7 Å². The van der Waals surface area contributed by atoms with Crippen LogP contribution in [0.15, 0.2) is 29.4 Å². The van der Waals surface area contributed by atoms with Gasteiger partial charge >= 0.3 is 0 Å². The van der Waals surface area contributed by atoms with Gasteiger partial charge in [0.05, 0.1) is 30.7 Å². The molecule has 102 valence electrons. The number of hydrogen-bond acceptors (Lipinski definition) is 6. The van der Waals surface area contributed by atoms with E-state index in [1.54, 1.807) is 23.3 Å². The Bertz CT molecular complexity index is 772. The highest BCUT2D eigenvalue weighted by atomic mass is 79.9. The summed E-state index contributed by atoms with van der Waals surface area (Å²) >= 11 is 3.46. The molecule has 3 aromatic rings. The molecule has 0 aliphatic heterocycles. The van der Waals surface area contributed by atoms with Gasteiger partial charge in [0.1, 0.15) is 22.1 Å². The summed E-state index contributed by atoms with van der Waals surface area (Å²) in [7, 11) is 0. The van der Waals surface area contributed by atoms with Gasteiger partial charge < -0.3 is 10.5 Å². The second-order valence-electron chi connectivity index (χ2n) is 3.96. The normalized spacial score (nSPS) is 10.9. The maximum Gasteiger partial charge on any atom is 0.230 e. The Morgan fingerprint density at radius 2 is 2.15 bits per heavy atom. The predicted octanol–water partition coefficient (Wildman–Crippen LogP) is 1.95. The van der Waals surface area contributed by atoms with Gasteiger partial charge in [-0.3, -0.25) is 9.55 Å². The van der Waals surface area contributed by atoms with Crippen LogP contribution in [0.2, 0.25) is 0 Å². The van der Waals surface area contributed by atoms with Crippen molar-refractivity contribution in [1.82, 2.24) is 24.5 Å². The smallest absolute Gasteiger partial charge is 0.230 e. The van der Waals surface area contributed by atoms with E-state index >= 15 is 0 Å². The number of anilines is 1. The van der Waals surface area contributed by atoms with Gasteiger partial charge in [-0.25, -0.2) is 15.0 Å². The zero-order chi connectivity index (χ0) is 14.1. The number of nitrogen functional groups attached to an aromatic ring is 1. The summed E-state index contributed by atoms with van der Waals surface area (Å²) in [5.74, 6) is 1.46. The molecule has 0 fully saturated rings. The molecule has 3 heterocycles. The van der Waals surface area contributed by atoms with Crippen LogP contribution in [0.25, 0.3) is 16.9 Å². The first kappa shape index (κ1) is 12.8. The maximum atomic E-state index is 5.65. The second-order valence-corrected chi connectivity index (χ2v) is 4.75. The molecule has 0 unspecified atom stereocenters. The minimum Gasteiger partial charge on any atom is -0.477 e. The molecule has 0 saturated heterocycles. The lowest BCUT2D eigenvalue weighted by molar-refractivity contribution is 0.325. The highest BCUT2D eigenvalue weighted by Crippen LogP contribution is 2.30. The number of aromatic nitrogens is 5. The Labute approximate surface area is 123 Å². The molecule has 3 aromatic heterocycles. The molecule has 0 amide bonds. The zero-order valence-electron chi connectivity index (χ0n) is 10.6. The number of rotatable bonds is 3. The van der Waals surface area contributed by atoms with Crippen molar-refractivity contribution in [2.24, 2.45) is 0 Å². The molecule has 0 spiro atoms. The van der Waals surface area contributed by atoms with Crippen molar-refractivity contribution in [2.75, 3.05) is 12.3 Å². The molecule has 0 aromatic carbocycles. The van der Waals surface area contributed by atoms with E-state index in [4.69, 9.17) is 10.5 Å². The van der Waals surface area contributed by atoms with Crippen molar-refractivity contribution in [2.45, 2.75) is 6.92 Å². The van der Waals surface area contributed by atoms with E-state index in [2.05, 4.69) is 35.9 Å². The standard InChI is InChI=1S/C12H11BrN6O/c1-2-20-12-10(13)11-7(3-16-12)19(6-17-11)9-5-15-4-8(14)18-9/h3-6H,2H2,1H3,(H2,14,18). The third-order valence-electron chi connectivity index (χ3n) is 2.67. The fourth-order valence-corrected chi connectivity index (χ4v) is 2.36. The van der Waals surface area contributed by atoms with Crippen LogP contribution in [0.1, 0.15) is 6.92 Å². The highest BCUT2D eigenvalue weighted by molar-refractivity contribution is 9.10. The van der Waals surface area contributed by atoms with Crippen LogP contribution in [-0.4, -0.2) is 31.1 Å². The molecule has 8 heteroatoms. The number of halogens is 1. The Morgan fingerprint density at radius 1 is 1.30 bits per heavy atom. The summed E-state index contributed by atoms with van der Waals surface area (Å²) in [5, 5.41) is 0. The maximum absolute atomic E-state index is 5.65. The summed E-state index contributed by atoms with van der Waals surface area (Å²) in [6.45, 7) is 2.44. The van der Waals surface area contributed by atoms with Crippen LogP contribution in [0.3, 0.4) is 0 Å². The lowest BCUT2D eigenvalue weighted by atomic mass is 10.4. The first-order valence-corrected chi connectivity index (χ1v) is 6.72. The largest absolute Gasteiger partial charge is 0.477 e. The summed E-state index contributed by atoms with van der Waals surface area (Å²) in [4.78, 5) is 16.9. The minimum atomic E-state index is 0.349. The number of imidazole rings is 1. The lowest BCUT2D eigenvalue weighted by Gasteiger charge is -2.06. The van der Waals surface area contributed by atoms with Crippen molar-refractivity contribution in [3.63, 3.8) is 0 Å². The predicted molar refractivity (Wildman–Crippen MR) is 77.7 cm³/mol. The Balaban J connectivity index is 2.17. The van der Waals surface area contributed by atoms with E-state index in [9.17, 15) is 0 Å².